The highest BCUT2D eigenvalue weighted by Gasteiger charge is 2.59. The largest absolute Gasteiger partial charge is 0.361 e. The van der Waals surface area contributed by atoms with Gasteiger partial charge >= 0.3 is 0 Å². The standard InChI is InChI=1S/C14H25N3O5S/c1-5-13(2,3)16-11(18)10-8-17(23(4,20)21)9-14(10)12(19)15-6-7-22-14/h10H,5-9H2,1-4H3,(H,15,19)(H,16,18)/t10-,14-/m1/s1. The van der Waals surface area contributed by atoms with Gasteiger partial charge < -0.3 is 15.4 Å². The lowest BCUT2D eigenvalue weighted by atomic mass is 9.86. The number of nitrogens with zero attached hydrogens (tertiary/aromatic N) is 1. The van der Waals surface area contributed by atoms with E-state index in [9.17, 15) is 18.0 Å². The minimum atomic E-state index is -3.52. The van der Waals surface area contributed by atoms with Crippen LogP contribution in [0.25, 0.3) is 0 Å². The Morgan fingerprint density at radius 1 is 1.52 bits per heavy atom. The zero-order valence-electron chi connectivity index (χ0n) is 14.0. The average Bonchev–Trinajstić information content (AvgIpc) is 2.82. The molecule has 2 amide bonds. The van der Waals surface area contributed by atoms with Crippen LogP contribution in [0.4, 0.5) is 0 Å². The van der Waals surface area contributed by atoms with Crippen LogP contribution in [0.3, 0.4) is 0 Å². The number of carbonyl (C=O) groups excluding carboxylic acids is 2. The van der Waals surface area contributed by atoms with Gasteiger partial charge in [0.15, 0.2) is 5.60 Å². The third-order valence-corrected chi connectivity index (χ3v) is 5.84. The van der Waals surface area contributed by atoms with Gasteiger partial charge in [0.05, 0.1) is 25.3 Å². The molecule has 0 radical (unpaired) electrons. The molecule has 2 N–H and O–H groups in total. The highest BCUT2D eigenvalue weighted by atomic mass is 32.2. The molecule has 0 unspecified atom stereocenters. The van der Waals surface area contributed by atoms with Crippen LogP contribution < -0.4 is 10.6 Å². The minimum absolute atomic E-state index is 0.0577. The Morgan fingerprint density at radius 2 is 2.17 bits per heavy atom. The van der Waals surface area contributed by atoms with Crippen LogP contribution in [-0.2, 0) is 24.3 Å². The van der Waals surface area contributed by atoms with Crippen molar-refractivity contribution in [3.8, 4) is 0 Å². The third kappa shape index (κ3) is 3.51. The molecule has 2 fully saturated rings. The van der Waals surface area contributed by atoms with Crippen LogP contribution in [0.15, 0.2) is 0 Å². The number of sulfonamides is 1. The van der Waals surface area contributed by atoms with Crippen molar-refractivity contribution in [1.82, 2.24) is 14.9 Å². The summed E-state index contributed by atoms with van der Waals surface area (Å²) < 4.78 is 30.6. The summed E-state index contributed by atoms with van der Waals surface area (Å²) in [5.74, 6) is -1.66. The van der Waals surface area contributed by atoms with Crippen LogP contribution in [0.1, 0.15) is 27.2 Å². The minimum Gasteiger partial charge on any atom is -0.361 e. The second-order valence-corrected chi connectivity index (χ2v) is 8.81. The van der Waals surface area contributed by atoms with E-state index in [-0.39, 0.29) is 25.6 Å². The molecule has 0 aromatic rings. The number of carbonyl (C=O) groups is 2. The van der Waals surface area contributed by atoms with E-state index in [0.29, 0.717) is 13.0 Å². The van der Waals surface area contributed by atoms with E-state index >= 15 is 0 Å². The number of amides is 2. The SMILES string of the molecule is CCC(C)(C)NC(=O)[C@H]1CN(S(C)(=O)=O)C[C@@]12OCCNC2=O. The molecule has 23 heavy (non-hydrogen) atoms. The number of nitrogens with one attached hydrogen (secondary N) is 2. The molecule has 2 atom stereocenters. The summed E-state index contributed by atoms with van der Waals surface area (Å²) in [7, 11) is -3.52. The normalized spacial score (nSPS) is 29.6. The molecule has 0 saturated carbocycles. The van der Waals surface area contributed by atoms with Crippen molar-refractivity contribution in [3.63, 3.8) is 0 Å². The Balaban J connectivity index is 2.33. The van der Waals surface area contributed by atoms with Gasteiger partial charge in [0.1, 0.15) is 0 Å². The van der Waals surface area contributed by atoms with Crippen molar-refractivity contribution < 1.29 is 22.7 Å². The molecule has 2 saturated heterocycles. The van der Waals surface area contributed by atoms with Crippen molar-refractivity contribution in [3.05, 3.63) is 0 Å². The van der Waals surface area contributed by atoms with Gasteiger partial charge in [0.2, 0.25) is 15.9 Å². The number of hydrogen-bond donors (Lipinski definition) is 2. The Hall–Kier alpha value is -1.19. The molecule has 9 heteroatoms. The van der Waals surface area contributed by atoms with Crippen LogP contribution in [-0.4, -0.2) is 68.2 Å². The fourth-order valence-corrected chi connectivity index (χ4v) is 3.68. The van der Waals surface area contributed by atoms with Crippen LogP contribution in [0.2, 0.25) is 0 Å². The molecule has 1 spiro atoms. The highest BCUT2D eigenvalue weighted by Crippen LogP contribution is 2.35. The first kappa shape index (κ1) is 18.2. The molecule has 0 aromatic carbocycles. The van der Waals surface area contributed by atoms with Gasteiger partial charge in [-0.1, -0.05) is 6.92 Å². The van der Waals surface area contributed by atoms with Crippen molar-refractivity contribution in [2.45, 2.75) is 38.3 Å². The number of rotatable bonds is 4. The number of morpholine rings is 1. The summed E-state index contributed by atoms with van der Waals surface area (Å²) >= 11 is 0. The lowest BCUT2D eigenvalue weighted by molar-refractivity contribution is -0.163. The molecule has 2 aliphatic rings. The van der Waals surface area contributed by atoms with Crippen LogP contribution in [0.5, 0.6) is 0 Å². The zero-order chi connectivity index (χ0) is 17.5. The zero-order valence-corrected chi connectivity index (χ0v) is 14.8. The Bertz CT molecular complexity index is 604. The molecular weight excluding hydrogens is 322 g/mol. The third-order valence-electron chi connectivity index (χ3n) is 4.62. The fraction of sp³-hybridized carbons (Fsp3) is 0.857. The predicted octanol–water partition coefficient (Wildman–Crippen LogP) is -0.932. The fourth-order valence-electron chi connectivity index (χ4n) is 2.83. The van der Waals surface area contributed by atoms with Gasteiger partial charge in [-0.25, -0.2) is 8.42 Å². The summed E-state index contributed by atoms with van der Waals surface area (Å²) in [6.45, 7) is 6.11. The first-order valence-electron chi connectivity index (χ1n) is 7.71. The highest BCUT2D eigenvalue weighted by molar-refractivity contribution is 7.88. The quantitative estimate of drug-likeness (QED) is 0.683. The number of ether oxygens (including phenoxy) is 1. The Labute approximate surface area is 137 Å². The average molecular weight is 347 g/mol. The van der Waals surface area contributed by atoms with E-state index in [0.717, 1.165) is 10.6 Å². The molecule has 0 aromatic heterocycles. The summed E-state index contributed by atoms with van der Waals surface area (Å²) in [4.78, 5) is 25.1. The topological polar surface area (TPSA) is 105 Å². The molecule has 8 nitrogen and oxygen atoms in total. The maximum absolute atomic E-state index is 12.7. The van der Waals surface area contributed by atoms with Crippen LogP contribution in [0, 0.1) is 5.92 Å². The van der Waals surface area contributed by atoms with Gasteiger partial charge in [0, 0.05) is 18.6 Å². The van der Waals surface area contributed by atoms with E-state index in [4.69, 9.17) is 4.74 Å². The maximum atomic E-state index is 12.7. The lowest BCUT2D eigenvalue weighted by Crippen LogP contribution is -2.63. The summed E-state index contributed by atoms with van der Waals surface area (Å²) in [6.07, 6.45) is 1.78. The first-order valence-corrected chi connectivity index (χ1v) is 9.56. The summed E-state index contributed by atoms with van der Waals surface area (Å²) in [6, 6.07) is 0. The Kier molecular flexibility index (Phi) is 4.76. The second-order valence-electron chi connectivity index (χ2n) is 6.83. The van der Waals surface area contributed by atoms with Gasteiger partial charge in [-0.15, -0.1) is 0 Å². The number of hydrogen-bond acceptors (Lipinski definition) is 5. The maximum Gasteiger partial charge on any atom is 0.254 e. The van der Waals surface area contributed by atoms with E-state index in [2.05, 4.69) is 10.6 Å². The molecule has 132 valence electrons. The molecule has 2 heterocycles. The molecule has 0 bridgehead atoms. The summed E-state index contributed by atoms with van der Waals surface area (Å²) in [5.41, 5.74) is -1.89. The van der Waals surface area contributed by atoms with Crippen molar-refractivity contribution in [2.24, 2.45) is 5.92 Å². The van der Waals surface area contributed by atoms with E-state index in [1.165, 1.54) is 0 Å². The molecule has 2 aliphatic heterocycles. The van der Waals surface area contributed by atoms with Crippen molar-refractivity contribution in [1.29, 1.82) is 0 Å². The van der Waals surface area contributed by atoms with E-state index < -0.39 is 33.0 Å². The van der Waals surface area contributed by atoms with Crippen molar-refractivity contribution >= 4 is 21.8 Å². The smallest absolute Gasteiger partial charge is 0.254 e. The Morgan fingerprint density at radius 3 is 2.70 bits per heavy atom. The van der Waals surface area contributed by atoms with E-state index in [1.807, 2.05) is 20.8 Å². The molecule has 2 rings (SSSR count). The first-order chi connectivity index (χ1) is 10.5. The van der Waals surface area contributed by atoms with E-state index in [1.54, 1.807) is 0 Å². The molecular formula is C14H25N3O5S. The van der Waals surface area contributed by atoms with Gasteiger partial charge in [-0.05, 0) is 20.3 Å². The second kappa shape index (κ2) is 6.03. The lowest BCUT2D eigenvalue weighted by Gasteiger charge is -2.37. The monoisotopic (exact) mass is 347 g/mol. The van der Waals surface area contributed by atoms with Crippen molar-refractivity contribution in [2.75, 3.05) is 32.5 Å². The van der Waals surface area contributed by atoms with Gasteiger partial charge in [-0.3, -0.25) is 9.59 Å². The van der Waals surface area contributed by atoms with Gasteiger partial charge in [-0.2, -0.15) is 4.31 Å². The van der Waals surface area contributed by atoms with Gasteiger partial charge in [0.25, 0.3) is 5.91 Å². The van der Waals surface area contributed by atoms with Crippen LogP contribution >= 0.6 is 0 Å². The molecule has 0 aliphatic carbocycles. The predicted molar refractivity (Wildman–Crippen MR) is 84.1 cm³/mol. The summed E-state index contributed by atoms with van der Waals surface area (Å²) in [5, 5.41) is 5.57.